The normalized spacial score (nSPS) is 20.0. The molecule has 186 valence electrons. The van der Waals surface area contributed by atoms with Gasteiger partial charge in [0.2, 0.25) is 5.91 Å². The zero-order chi connectivity index (χ0) is 25.3. The summed E-state index contributed by atoms with van der Waals surface area (Å²) in [6, 6.07) is 10.0. The van der Waals surface area contributed by atoms with E-state index >= 15 is 0 Å². The van der Waals surface area contributed by atoms with Gasteiger partial charge in [0.1, 0.15) is 5.75 Å². The monoisotopic (exact) mass is 485 g/mol. The van der Waals surface area contributed by atoms with Gasteiger partial charge < -0.3 is 20.3 Å². The van der Waals surface area contributed by atoms with Gasteiger partial charge in [0, 0.05) is 36.7 Å². The highest BCUT2D eigenvalue weighted by Crippen LogP contribution is 2.31. The Balaban J connectivity index is 1.39. The summed E-state index contributed by atoms with van der Waals surface area (Å²) in [7, 11) is 0. The van der Waals surface area contributed by atoms with Gasteiger partial charge in [-0.3, -0.25) is 14.4 Å². The maximum atomic E-state index is 14.7. The van der Waals surface area contributed by atoms with Crippen molar-refractivity contribution in [3.8, 4) is 5.75 Å². The number of piperidine rings is 1. The first-order valence-electron chi connectivity index (χ1n) is 11.7. The molecule has 0 aromatic heterocycles. The molecule has 2 heterocycles. The number of hydrogen-bond acceptors (Lipinski definition) is 4. The standard InChI is InChI=1S/C26H29F2N3O4/c1-15(2)35-20-7-5-19(6-8-20)26(27,28)25(34)29-13-17-4-9-21-18(12-17)14-31(24(21)33)22-10-11-23(32)30-16(22)3/h4-9,12,15-16,22H,10-11,13-14H2,1-3H3,(H,29,34)(H,30,32). The first kappa shape index (κ1) is 24.6. The summed E-state index contributed by atoms with van der Waals surface area (Å²) in [6.07, 6.45) is 0.870. The van der Waals surface area contributed by atoms with Gasteiger partial charge in [0.05, 0.1) is 12.1 Å². The number of benzene rings is 2. The second kappa shape index (κ2) is 9.64. The quantitative estimate of drug-likeness (QED) is 0.629. The zero-order valence-corrected chi connectivity index (χ0v) is 19.9. The van der Waals surface area contributed by atoms with Crippen LogP contribution < -0.4 is 15.4 Å². The van der Waals surface area contributed by atoms with Crippen LogP contribution in [0.2, 0.25) is 0 Å². The molecule has 2 aliphatic heterocycles. The molecule has 4 rings (SSSR count). The zero-order valence-electron chi connectivity index (χ0n) is 19.9. The number of nitrogens with one attached hydrogen (secondary N) is 2. The van der Waals surface area contributed by atoms with Crippen molar-refractivity contribution in [3.05, 3.63) is 64.7 Å². The van der Waals surface area contributed by atoms with Gasteiger partial charge in [-0.15, -0.1) is 0 Å². The smallest absolute Gasteiger partial charge is 0.349 e. The van der Waals surface area contributed by atoms with Gasteiger partial charge in [-0.05, 0) is 68.7 Å². The number of ether oxygens (including phenoxy) is 1. The van der Waals surface area contributed by atoms with Crippen LogP contribution >= 0.6 is 0 Å². The van der Waals surface area contributed by atoms with E-state index in [1.54, 1.807) is 23.1 Å². The van der Waals surface area contributed by atoms with Gasteiger partial charge in [0.25, 0.3) is 11.8 Å². The SMILES string of the molecule is CC(C)Oc1ccc(C(F)(F)C(=O)NCc2ccc3c(c2)CN(C2CCC(=O)NC2C)C3=O)cc1. The summed E-state index contributed by atoms with van der Waals surface area (Å²) in [5, 5.41) is 5.19. The third-order valence-corrected chi connectivity index (χ3v) is 6.36. The van der Waals surface area contributed by atoms with Crippen LogP contribution in [0.25, 0.3) is 0 Å². The number of carbonyl (C=O) groups excluding carboxylic acids is 3. The van der Waals surface area contributed by atoms with Gasteiger partial charge >= 0.3 is 5.92 Å². The Bertz CT molecular complexity index is 1130. The summed E-state index contributed by atoms with van der Waals surface area (Å²) < 4.78 is 34.9. The van der Waals surface area contributed by atoms with E-state index in [1.165, 1.54) is 24.3 Å². The lowest BCUT2D eigenvalue weighted by Gasteiger charge is -2.36. The maximum absolute atomic E-state index is 14.7. The van der Waals surface area contributed by atoms with Crippen molar-refractivity contribution >= 4 is 17.7 Å². The summed E-state index contributed by atoms with van der Waals surface area (Å²) >= 11 is 0. The molecule has 2 aliphatic rings. The Morgan fingerprint density at radius 3 is 2.57 bits per heavy atom. The van der Waals surface area contributed by atoms with Crippen molar-refractivity contribution < 1.29 is 27.9 Å². The molecule has 9 heteroatoms. The number of amides is 3. The van der Waals surface area contributed by atoms with E-state index < -0.39 is 17.4 Å². The average molecular weight is 486 g/mol. The fourth-order valence-electron chi connectivity index (χ4n) is 4.59. The van der Waals surface area contributed by atoms with Gasteiger partial charge in [-0.25, -0.2) is 0 Å². The van der Waals surface area contributed by atoms with Crippen molar-refractivity contribution in [2.45, 2.75) is 70.8 Å². The second-order valence-corrected chi connectivity index (χ2v) is 9.33. The van der Waals surface area contributed by atoms with Gasteiger partial charge in [0.15, 0.2) is 0 Å². The predicted molar refractivity (Wildman–Crippen MR) is 125 cm³/mol. The molecule has 3 amide bonds. The number of rotatable bonds is 7. The highest BCUT2D eigenvalue weighted by molar-refractivity contribution is 5.98. The molecule has 0 saturated carbocycles. The molecule has 2 N–H and O–H groups in total. The first-order valence-corrected chi connectivity index (χ1v) is 11.7. The van der Waals surface area contributed by atoms with Gasteiger partial charge in [-0.1, -0.05) is 12.1 Å². The van der Waals surface area contributed by atoms with Crippen molar-refractivity contribution in [2.75, 3.05) is 0 Å². The van der Waals surface area contributed by atoms with Crippen LogP contribution in [0.1, 0.15) is 60.7 Å². The van der Waals surface area contributed by atoms with Gasteiger partial charge in [-0.2, -0.15) is 8.78 Å². The Labute approximate surface area is 202 Å². The van der Waals surface area contributed by atoms with Crippen LogP contribution in [-0.2, 0) is 28.6 Å². The highest BCUT2D eigenvalue weighted by atomic mass is 19.3. The minimum absolute atomic E-state index is 0.0208. The largest absolute Gasteiger partial charge is 0.491 e. The van der Waals surface area contributed by atoms with Crippen LogP contribution in [0.15, 0.2) is 42.5 Å². The highest BCUT2D eigenvalue weighted by Gasteiger charge is 2.41. The molecule has 2 unspecified atom stereocenters. The first-order chi connectivity index (χ1) is 16.6. The molecule has 0 aliphatic carbocycles. The third kappa shape index (κ3) is 5.13. The number of nitrogens with zero attached hydrogens (tertiary/aromatic N) is 1. The Morgan fingerprint density at radius 1 is 1.20 bits per heavy atom. The predicted octanol–water partition coefficient (Wildman–Crippen LogP) is 3.50. The molecule has 35 heavy (non-hydrogen) atoms. The summed E-state index contributed by atoms with van der Waals surface area (Å²) in [5.74, 6) is -4.79. The fourth-order valence-corrected chi connectivity index (χ4v) is 4.59. The summed E-state index contributed by atoms with van der Waals surface area (Å²) in [6.45, 7) is 5.82. The van der Waals surface area contributed by atoms with Crippen LogP contribution in [0, 0.1) is 0 Å². The van der Waals surface area contributed by atoms with Crippen molar-refractivity contribution in [2.24, 2.45) is 0 Å². The molecule has 1 fully saturated rings. The fraction of sp³-hybridized carbons (Fsp3) is 0.423. The molecule has 2 aromatic carbocycles. The minimum Gasteiger partial charge on any atom is -0.491 e. The van der Waals surface area contributed by atoms with E-state index in [1.807, 2.05) is 20.8 Å². The van der Waals surface area contributed by atoms with Crippen LogP contribution in [-0.4, -0.2) is 40.8 Å². The number of hydrogen-bond donors (Lipinski definition) is 2. The number of halogens is 2. The van der Waals surface area contributed by atoms with Crippen molar-refractivity contribution in [3.63, 3.8) is 0 Å². The van der Waals surface area contributed by atoms with E-state index in [9.17, 15) is 23.2 Å². The van der Waals surface area contributed by atoms with Crippen LogP contribution in [0.4, 0.5) is 8.78 Å². The van der Waals surface area contributed by atoms with E-state index in [4.69, 9.17) is 4.74 Å². The molecule has 1 saturated heterocycles. The summed E-state index contributed by atoms with van der Waals surface area (Å²) in [4.78, 5) is 38.6. The number of alkyl halides is 2. The van der Waals surface area contributed by atoms with E-state index in [-0.39, 0.29) is 36.5 Å². The van der Waals surface area contributed by atoms with E-state index in [0.717, 1.165) is 5.56 Å². The molecule has 2 atom stereocenters. The number of carbonyl (C=O) groups is 3. The minimum atomic E-state index is -3.71. The van der Waals surface area contributed by atoms with Crippen molar-refractivity contribution in [1.82, 2.24) is 15.5 Å². The topological polar surface area (TPSA) is 87.7 Å². The van der Waals surface area contributed by atoms with Crippen LogP contribution in [0.5, 0.6) is 5.75 Å². The lowest BCUT2D eigenvalue weighted by atomic mass is 9.98. The van der Waals surface area contributed by atoms with E-state index in [0.29, 0.717) is 36.3 Å². The average Bonchev–Trinajstić information content (AvgIpc) is 3.13. The van der Waals surface area contributed by atoms with E-state index in [2.05, 4.69) is 10.6 Å². The maximum Gasteiger partial charge on any atom is 0.349 e. The molecule has 0 bridgehead atoms. The molecular weight excluding hydrogens is 456 g/mol. The Hall–Kier alpha value is -3.49. The Kier molecular flexibility index (Phi) is 6.78. The number of fused-ring (bicyclic) bond motifs is 1. The molecule has 0 radical (unpaired) electrons. The lowest BCUT2D eigenvalue weighted by Crippen LogP contribution is -2.54. The molecule has 2 aromatic rings. The van der Waals surface area contributed by atoms with Crippen LogP contribution in [0.3, 0.4) is 0 Å². The summed E-state index contributed by atoms with van der Waals surface area (Å²) in [5.41, 5.74) is 1.53. The Morgan fingerprint density at radius 2 is 1.91 bits per heavy atom. The lowest BCUT2D eigenvalue weighted by molar-refractivity contribution is -0.147. The molecular formula is C26H29F2N3O4. The molecule has 0 spiro atoms. The second-order valence-electron chi connectivity index (χ2n) is 9.33. The van der Waals surface area contributed by atoms with Crippen molar-refractivity contribution in [1.29, 1.82) is 0 Å². The third-order valence-electron chi connectivity index (χ3n) is 6.36. The molecule has 7 nitrogen and oxygen atoms in total.